The molecule has 0 aliphatic carbocycles. The molecule has 118 valence electrons. The van der Waals surface area contributed by atoms with Gasteiger partial charge in [0.05, 0.1) is 5.69 Å². The highest BCUT2D eigenvalue weighted by molar-refractivity contribution is 5.76. The van der Waals surface area contributed by atoms with E-state index < -0.39 is 0 Å². The van der Waals surface area contributed by atoms with Crippen LogP contribution in [0.15, 0.2) is 36.4 Å². The number of benzene rings is 1. The molecule has 0 aliphatic rings. The van der Waals surface area contributed by atoms with Crippen molar-refractivity contribution >= 4 is 5.91 Å². The molecule has 4 nitrogen and oxygen atoms in total. The monoisotopic (exact) mass is 299 g/mol. The van der Waals surface area contributed by atoms with Crippen molar-refractivity contribution in [1.82, 2.24) is 15.1 Å². The molecule has 1 atom stereocenters. The summed E-state index contributed by atoms with van der Waals surface area (Å²) in [6.45, 7) is 7.71. The van der Waals surface area contributed by atoms with Gasteiger partial charge in [-0.05, 0) is 37.8 Å². The third kappa shape index (κ3) is 5.02. The fourth-order valence-electron chi connectivity index (χ4n) is 2.50. The zero-order valence-corrected chi connectivity index (χ0v) is 13.7. The van der Waals surface area contributed by atoms with E-state index >= 15 is 0 Å². The quantitative estimate of drug-likeness (QED) is 0.854. The van der Waals surface area contributed by atoms with E-state index in [1.54, 1.807) is 0 Å². The molecule has 1 aromatic heterocycles. The van der Waals surface area contributed by atoms with E-state index in [0.29, 0.717) is 18.9 Å². The van der Waals surface area contributed by atoms with E-state index in [0.717, 1.165) is 18.7 Å². The van der Waals surface area contributed by atoms with Gasteiger partial charge in [-0.2, -0.15) is 5.10 Å². The fraction of sp³-hybridized carbons (Fsp3) is 0.444. The Morgan fingerprint density at radius 3 is 2.64 bits per heavy atom. The van der Waals surface area contributed by atoms with Crippen molar-refractivity contribution in [2.24, 2.45) is 5.92 Å². The van der Waals surface area contributed by atoms with Gasteiger partial charge in [-0.15, -0.1) is 0 Å². The molecule has 0 bridgehead atoms. The Kier molecular flexibility index (Phi) is 5.75. The summed E-state index contributed by atoms with van der Waals surface area (Å²) in [6.07, 6.45) is 1.33. The number of aryl methyl sites for hydroxylation is 3. The largest absolute Gasteiger partial charge is 0.356 e. The maximum Gasteiger partial charge on any atom is 0.220 e. The molecule has 2 aromatic rings. The number of rotatable bonds is 7. The summed E-state index contributed by atoms with van der Waals surface area (Å²) in [6, 6.07) is 12.2. The van der Waals surface area contributed by atoms with E-state index in [2.05, 4.69) is 42.5 Å². The Morgan fingerprint density at radius 2 is 2.00 bits per heavy atom. The maximum absolute atomic E-state index is 11.9. The van der Waals surface area contributed by atoms with Crippen LogP contribution in [0.1, 0.15) is 30.3 Å². The van der Waals surface area contributed by atoms with Crippen LogP contribution in [-0.2, 0) is 17.8 Å². The molecular formula is C18H25N3O. The minimum atomic E-state index is 0.115. The second kappa shape index (κ2) is 7.78. The van der Waals surface area contributed by atoms with Gasteiger partial charge in [-0.1, -0.05) is 37.3 Å². The highest BCUT2D eigenvalue weighted by Crippen LogP contribution is 2.06. The van der Waals surface area contributed by atoms with Crippen molar-refractivity contribution in [1.29, 1.82) is 0 Å². The Morgan fingerprint density at radius 1 is 1.27 bits per heavy atom. The highest BCUT2D eigenvalue weighted by atomic mass is 16.1. The van der Waals surface area contributed by atoms with Crippen molar-refractivity contribution in [2.45, 2.75) is 40.2 Å². The molecule has 0 saturated heterocycles. The van der Waals surface area contributed by atoms with Crippen LogP contribution in [-0.4, -0.2) is 22.2 Å². The molecule has 0 unspecified atom stereocenters. The zero-order valence-electron chi connectivity index (χ0n) is 13.7. The van der Waals surface area contributed by atoms with Gasteiger partial charge in [-0.3, -0.25) is 9.48 Å². The van der Waals surface area contributed by atoms with E-state index in [1.165, 1.54) is 11.3 Å². The second-order valence-electron chi connectivity index (χ2n) is 6.00. The van der Waals surface area contributed by atoms with Gasteiger partial charge in [0.1, 0.15) is 0 Å². The number of carbonyl (C=O) groups is 1. The minimum absolute atomic E-state index is 0.115. The average Bonchev–Trinajstić information content (AvgIpc) is 2.82. The number of aromatic nitrogens is 2. The van der Waals surface area contributed by atoms with E-state index in [9.17, 15) is 4.79 Å². The third-order valence-corrected chi connectivity index (χ3v) is 3.72. The third-order valence-electron chi connectivity index (χ3n) is 3.72. The molecule has 0 fully saturated rings. The van der Waals surface area contributed by atoms with Crippen LogP contribution in [0.2, 0.25) is 0 Å². The van der Waals surface area contributed by atoms with Crippen molar-refractivity contribution < 1.29 is 4.79 Å². The summed E-state index contributed by atoms with van der Waals surface area (Å²) < 4.78 is 2.01. The Bertz CT molecular complexity index is 604. The zero-order chi connectivity index (χ0) is 15.9. The van der Waals surface area contributed by atoms with Crippen LogP contribution in [0.25, 0.3) is 0 Å². The lowest BCUT2D eigenvalue weighted by Gasteiger charge is -2.14. The van der Waals surface area contributed by atoms with Crippen molar-refractivity contribution in [3.05, 3.63) is 53.3 Å². The molecule has 1 heterocycles. The first kappa shape index (κ1) is 16.3. The molecular weight excluding hydrogens is 274 g/mol. The summed E-state index contributed by atoms with van der Waals surface area (Å²) in [7, 11) is 0. The predicted molar refractivity (Wildman–Crippen MR) is 88.6 cm³/mol. The lowest BCUT2D eigenvalue weighted by atomic mass is 10.1. The predicted octanol–water partition coefficient (Wildman–Crippen LogP) is 2.89. The van der Waals surface area contributed by atoms with E-state index in [1.807, 2.05) is 29.8 Å². The smallest absolute Gasteiger partial charge is 0.220 e. The van der Waals surface area contributed by atoms with Gasteiger partial charge in [-0.25, -0.2) is 0 Å². The average molecular weight is 299 g/mol. The van der Waals surface area contributed by atoms with Gasteiger partial charge in [0.2, 0.25) is 5.91 Å². The van der Waals surface area contributed by atoms with Gasteiger partial charge in [0.25, 0.3) is 0 Å². The van der Waals surface area contributed by atoms with Crippen molar-refractivity contribution in [3.63, 3.8) is 0 Å². The first-order chi connectivity index (χ1) is 10.5. The molecule has 0 aliphatic heterocycles. The number of nitrogens with zero attached hydrogens (tertiary/aromatic N) is 2. The summed E-state index contributed by atoms with van der Waals surface area (Å²) >= 11 is 0. The summed E-state index contributed by atoms with van der Waals surface area (Å²) in [5.74, 6) is 0.475. The molecule has 0 radical (unpaired) electrons. The van der Waals surface area contributed by atoms with Crippen LogP contribution >= 0.6 is 0 Å². The molecule has 0 spiro atoms. The number of nitrogens with one attached hydrogen (secondary N) is 1. The molecule has 22 heavy (non-hydrogen) atoms. The van der Waals surface area contributed by atoms with Gasteiger partial charge in [0, 0.05) is 25.2 Å². The van der Waals surface area contributed by atoms with Gasteiger partial charge >= 0.3 is 0 Å². The first-order valence-corrected chi connectivity index (χ1v) is 7.86. The van der Waals surface area contributed by atoms with Gasteiger partial charge in [0.15, 0.2) is 0 Å². The minimum Gasteiger partial charge on any atom is -0.356 e. The Labute approximate surface area is 132 Å². The Balaban J connectivity index is 1.70. The normalized spacial score (nSPS) is 12.1. The SMILES string of the molecule is Cc1cc(C)n(C[C@@H](C)CNC(=O)CCc2ccccc2)n1. The van der Waals surface area contributed by atoms with Crippen LogP contribution in [0, 0.1) is 19.8 Å². The van der Waals surface area contributed by atoms with E-state index in [4.69, 9.17) is 0 Å². The molecule has 1 N–H and O–H groups in total. The van der Waals surface area contributed by atoms with E-state index in [-0.39, 0.29) is 5.91 Å². The number of carbonyl (C=O) groups excluding carboxylic acids is 1. The standard InChI is InChI=1S/C18H25N3O/c1-14(13-21-16(3)11-15(2)20-21)12-19-18(22)10-9-17-7-5-4-6-8-17/h4-8,11,14H,9-10,12-13H2,1-3H3,(H,19,22)/t14-/m0/s1. The lowest BCUT2D eigenvalue weighted by molar-refractivity contribution is -0.121. The molecule has 1 aromatic carbocycles. The van der Waals surface area contributed by atoms with Crippen LogP contribution < -0.4 is 5.32 Å². The first-order valence-electron chi connectivity index (χ1n) is 7.86. The fourth-order valence-corrected chi connectivity index (χ4v) is 2.50. The summed E-state index contributed by atoms with van der Waals surface area (Å²) in [5.41, 5.74) is 3.41. The Hall–Kier alpha value is -2.10. The lowest BCUT2D eigenvalue weighted by Crippen LogP contribution is -2.30. The maximum atomic E-state index is 11.9. The summed E-state index contributed by atoms with van der Waals surface area (Å²) in [5, 5.41) is 7.48. The van der Waals surface area contributed by atoms with Crippen LogP contribution in [0.4, 0.5) is 0 Å². The molecule has 0 saturated carbocycles. The number of hydrogen-bond donors (Lipinski definition) is 1. The van der Waals surface area contributed by atoms with Crippen LogP contribution in [0.3, 0.4) is 0 Å². The molecule has 2 rings (SSSR count). The molecule has 1 amide bonds. The number of amides is 1. The topological polar surface area (TPSA) is 46.9 Å². The molecule has 4 heteroatoms. The second-order valence-corrected chi connectivity index (χ2v) is 6.00. The van der Waals surface area contributed by atoms with Crippen molar-refractivity contribution in [3.8, 4) is 0 Å². The number of hydrogen-bond acceptors (Lipinski definition) is 2. The highest BCUT2D eigenvalue weighted by Gasteiger charge is 2.09. The summed E-state index contributed by atoms with van der Waals surface area (Å²) in [4.78, 5) is 11.9. The van der Waals surface area contributed by atoms with Gasteiger partial charge < -0.3 is 5.32 Å². The van der Waals surface area contributed by atoms with Crippen molar-refractivity contribution in [2.75, 3.05) is 6.54 Å². The van der Waals surface area contributed by atoms with Crippen LogP contribution in [0.5, 0.6) is 0 Å².